The number of aromatic nitrogens is 1. The van der Waals surface area contributed by atoms with Crippen molar-refractivity contribution in [2.75, 3.05) is 19.0 Å². The van der Waals surface area contributed by atoms with E-state index in [-0.39, 0.29) is 6.61 Å². The third kappa shape index (κ3) is 2.57. The average Bonchev–Trinajstić information content (AvgIpc) is 2.43. The lowest BCUT2D eigenvalue weighted by molar-refractivity contribution is -0.142. The van der Waals surface area contributed by atoms with Gasteiger partial charge in [-0.3, -0.25) is 0 Å². The van der Waals surface area contributed by atoms with E-state index in [9.17, 15) is 4.79 Å². The number of methoxy groups -OCH3 is 1. The zero-order valence-electron chi connectivity index (χ0n) is 9.96. The molecule has 0 radical (unpaired) electrons. The molecular formula is C13H14N2O3. The second-order valence-electron chi connectivity index (χ2n) is 3.79. The van der Waals surface area contributed by atoms with E-state index in [2.05, 4.69) is 15.0 Å². The summed E-state index contributed by atoms with van der Waals surface area (Å²) in [6.07, 6.45) is 0. The van der Waals surface area contributed by atoms with E-state index in [1.165, 1.54) is 7.11 Å². The summed E-state index contributed by atoms with van der Waals surface area (Å²) in [6.45, 7) is -0.346. The molecule has 5 heteroatoms. The maximum absolute atomic E-state index is 11.3. The van der Waals surface area contributed by atoms with Gasteiger partial charge in [0.15, 0.2) is 0 Å². The van der Waals surface area contributed by atoms with Crippen LogP contribution >= 0.6 is 0 Å². The van der Waals surface area contributed by atoms with E-state index in [1.807, 2.05) is 30.3 Å². The number of pyridine rings is 1. The van der Waals surface area contributed by atoms with Crippen molar-refractivity contribution >= 4 is 22.7 Å². The number of carbonyl (C=O) groups excluding carboxylic acids is 1. The summed E-state index contributed by atoms with van der Waals surface area (Å²) < 4.78 is 4.57. The van der Waals surface area contributed by atoms with Gasteiger partial charge in [0.2, 0.25) is 0 Å². The van der Waals surface area contributed by atoms with E-state index >= 15 is 0 Å². The van der Waals surface area contributed by atoms with Crippen LogP contribution in [0, 0.1) is 0 Å². The number of esters is 1. The highest BCUT2D eigenvalue weighted by atomic mass is 16.5. The van der Waals surface area contributed by atoms with Crippen molar-refractivity contribution in [2.24, 2.45) is 0 Å². The first-order valence-electron chi connectivity index (χ1n) is 5.55. The van der Waals surface area contributed by atoms with Crippen LogP contribution in [0.15, 0.2) is 36.4 Å². The van der Waals surface area contributed by atoms with Crippen LogP contribution in [-0.2, 0) is 9.53 Å². The number of hydrogen-bond acceptors (Lipinski definition) is 5. The molecule has 2 N–H and O–H groups in total. The van der Waals surface area contributed by atoms with E-state index in [1.54, 1.807) is 6.07 Å². The van der Waals surface area contributed by atoms with Crippen LogP contribution < -0.4 is 5.32 Å². The van der Waals surface area contributed by atoms with Gasteiger partial charge in [-0.2, -0.15) is 0 Å². The Kier molecular flexibility index (Phi) is 3.74. The molecule has 1 unspecified atom stereocenters. The Bertz CT molecular complexity index is 557. The molecule has 1 atom stereocenters. The summed E-state index contributed by atoms with van der Waals surface area (Å²) in [5.41, 5.74) is 0.823. The number of para-hydroxylation sites is 1. The van der Waals surface area contributed by atoms with Gasteiger partial charge in [-0.15, -0.1) is 0 Å². The van der Waals surface area contributed by atoms with Crippen molar-refractivity contribution in [1.29, 1.82) is 0 Å². The van der Waals surface area contributed by atoms with E-state index < -0.39 is 12.0 Å². The number of rotatable bonds is 4. The van der Waals surface area contributed by atoms with Crippen LogP contribution in [0.3, 0.4) is 0 Å². The Balaban J connectivity index is 2.23. The number of fused-ring (bicyclic) bond motifs is 1. The molecule has 0 aliphatic rings. The van der Waals surface area contributed by atoms with Crippen molar-refractivity contribution in [1.82, 2.24) is 4.98 Å². The fourth-order valence-electron chi connectivity index (χ4n) is 1.65. The number of anilines is 1. The molecular weight excluding hydrogens is 232 g/mol. The molecule has 0 aliphatic carbocycles. The predicted molar refractivity (Wildman–Crippen MR) is 68.3 cm³/mol. The van der Waals surface area contributed by atoms with Gasteiger partial charge in [-0.1, -0.05) is 18.2 Å². The van der Waals surface area contributed by atoms with Crippen LogP contribution in [0.1, 0.15) is 0 Å². The monoisotopic (exact) mass is 246 g/mol. The lowest BCUT2D eigenvalue weighted by Gasteiger charge is -2.14. The molecule has 94 valence electrons. The van der Waals surface area contributed by atoms with Crippen LogP contribution in [0.2, 0.25) is 0 Å². The van der Waals surface area contributed by atoms with E-state index in [0.29, 0.717) is 5.82 Å². The molecule has 0 amide bonds. The smallest absolute Gasteiger partial charge is 0.330 e. The minimum absolute atomic E-state index is 0.346. The molecule has 2 rings (SSSR count). The summed E-state index contributed by atoms with van der Waals surface area (Å²) in [4.78, 5) is 15.7. The van der Waals surface area contributed by atoms with Gasteiger partial charge in [0, 0.05) is 5.39 Å². The number of hydrogen-bond donors (Lipinski definition) is 2. The average molecular weight is 246 g/mol. The van der Waals surface area contributed by atoms with Crippen LogP contribution in [0.5, 0.6) is 0 Å². The van der Waals surface area contributed by atoms with Gasteiger partial charge in [0.05, 0.1) is 19.2 Å². The van der Waals surface area contributed by atoms with Crippen molar-refractivity contribution in [3.63, 3.8) is 0 Å². The Labute approximate surface area is 104 Å². The summed E-state index contributed by atoms with van der Waals surface area (Å²) in [5, 5.41) is 13.0. The second-order valence-corrected chi connectivity index (χ2v) is 3.79. The van der Waals surface area contributed by atoms with Crippen molar-refractivity contribution in [3.05, 3.63) is 36.4 Å². The lowest BCUT2D eigenvalue weighted by atomic mass is 10.2. The Morgan fingerprint density at radius 1 is 1.39 bits per heavy atom. The molecule has 1 aromatic heterocycles. The lowest BCUT2D eigenvalue weighted by Crippen LogP contribution is -2.34. The molecule has 0 bridgehead atoms. The third-order valence-corrected chi connectivity index (χ3v) is 2.59. The highest BCUT2D eigenvalue weighted by molar-refractivity contribution is 5.82. The van der Waals surface area contributed by atoms with E-state index in [4.69, 9.17) is 5.11 Å². The van der Waals surface area contributed by atoms with Crippen LogP contribution in [0.25, 0.3) is 10.9 Å². The van der Waals surface area contributed by atoms with Crippen LogP contribution in [-0.4, -0.2) is 35.8 Å². The molecule has 0 aliphatic heterocycles. The second kappa shape index (κ2) is 5.46. The van der Waals surface area contributed by atoms with Crippen molar-refractivity contribution in [2.45, 2.75) is 6.04 Å². The topological polar surface area (TPSA) is 71.5 Å². The molecule has 5 nitrogen and oxygen atoms in total. The molecule has 0 spiro atoms. The zero-order chi connectivity index (χ0) is 13.0. The van der Waals surface area contributed by atoms with Gasteiger partial charge in [-0.05, 0) is 18.2 Å². The van der Waals surface area contributed by atoms with Gasteiger partial charge in [0.25, 0.3) is 0 Å². The third-order valence-electron chi connectivity index (χ3n) is 2.59. The Morgan fingerprint density at radius 2 is 2.17 bits per heavy atom. The highest BCUT2D eigenvalue weighted by Gasteiger charge is 2.18. The Morgan fingerprint density at radius 3 is 2.89 bits per heavy atom. The number of benzene rings is 1. The van der Waals surface area contributed by atoms with Gasteiger partial charge in [-0.25, -0.2) is 9.78 Å². The van der Waals surface area contributed by atoms with Crippen molar-refractivity contribution in [3.8, 4) is 0 Å². The maximum atomic E-state index is 11.3. The molecule has 1 aromatic carbocycles. The Hall–Kier alpha value is -2.14. The molecule has 18 heavy (non-hydrogen) atoms. The summed E-state index contributed by atoms with van der Waals surface area (Å²) in [7, 11) is 1.28. The summed E-state index contributed by atoms with van der Waals surface area (Å²) in [5.74, 6) is 0.00519. The number of aliphatic hydroxyl groups is 1. The molecule has 0 saturated carbocycles. The standard InChI is InChI=1S/C13H14N2O3/c1-18-13(17)11(8-16)15-12-7-6-9-4-2-3-5-10(9)14-12/h2-7,11,16H,8H2,1H3,(H,14,15). The molecule has 0 saturated heterocycles. The normalized spacial score (nSPS) is 12.1. The van der Waals surface area contributed by atoms with Crippen LogP contribution in [0.4, 0.5) is 5.82 Å². The quantitative estimate of drug-likeness (QED) is 0.793. The number of nitrogens with zero attached hydrogens (tertiary/aromatic N) is 1. The van der Waals surface area contributed by atoms with Crippen molar-refractivity contribution < 1.29 is 14.6 Å². The number of aliphatic hydroxyl groups excluding tert-OH is 1. The minimum atomic E-state index is -0.802. The largest absolute Gasteiger partial charge is 0.467 e. The van der Waals surface area contributed by atoms with Gasteiger partial charge < -0.3 is 15.2 Å². The fraction of sp³-hybridized carbons (Fsp3) is 0.231. The molecule has 0 fully saturated rings. The van der Waals surface area contributed by atoms with Gasteiger partial charge >= 0.3 is 5.97 Å². The number of ether oxygens (including phenoxy) is 1. The SMILES string of the molecule is COC(=O)C(CO)Nc1ccc2ccccc2n1. The summed E-state index contributed by atoms with van der Waals surface area (Å²) >= 11 is 0. The molecule has 1 heterocycles. The predicted octanol–water partition coefficient (Wildman–Crippen LogP) is 1.18. The number of carbonyl (C=O) groups is 1. The minimum Gasteiger partial charge on any atom is -0.467 e. The number of nitrogens with one attached hydrogen (secondary N) is 1. The highest BCUT2D eigenvalue weighted by Crippen LogP contribution is 2.15. The molecule has 2 aromatic rings. The zero-order valence-corrected chi connectivity index (χ0v) is 9.96. The first kappa shape index (κ1) is 12.3. The first-order valence-corrected chi connectivity index (χ1v) is 5.55. The summed E-state index contributed by atoms with van der Waals surface area (Å²) in [6, 6.07) is 10.5. The van der Waals surface area contributed by atoms with Gasteiger partial charge in [0.1, 0.15) is 11.9 Å². The fourth-order valence-corrected chi connectivity index (χ4v) is 1.65. The van der Waals surface area contributed by atoms with E-state index in [0.717, 1.165) is 10.9 Å². The first-order chi connectivity index (χ1) is 8.74. The maximum Gasteiger partial charge on any atom is 0.330 e.